The molecule has 1 atom stereocenters. The van der Waals surface area contributed by atoms with E-state index in [1.807, 2.05) is 35.2 Å². The van der Waals surface area contributed by atoms with Crippen LogP contribution in [0.5, 0.6) is 0 Å². The number of likely N-dealkylation sites (tertiary alicyclic amines) is 1. The van der Waals surface area contributed by atoms with Crippen molar-refractivity contribution in [2.24, 2.45) is 5.41 Å². The summed E-state index contributed by atoms with van der Waals surface area (Å²) >= 11 is 0. The Labute approximate surface area is 144 Å². The number of hydrogen-bond donors (Lipinski definition) is 0. The lowest BCUT2D eigenvalue weighted by Gasteiger charge is -2.32. The number of hydrogen-bond acceptors (Lipinski definition) is 4. The second-order valence-electron chi connectivity index (χ2n) is 7.05. The molecular weight excluding hydrogens is 304 g/mol. The van der Waals surface area contributed by atoms with Crippen LogP contribution in [0.15, 0.2) is 30.3 Å². The average molecular weight is 332 g/mol. The normalized spacial score (nSPS) is 25.1. The van der Waals surface area contributed by atoms with E-state index >= 15 is 0 Å². The quantitative estimate of drug-likeness (QED) is 0.818. The maximum absolute atomic E-state index is 12.8. The third-order valence-electron chi connectivity index (χ3n) is 5.12. The standard InChI is InChI=1S/C19H28N2O3/c1-23-11-9-20-8-7-19(14-20)15-21(10-12-24-16-19)18(22)13-17-5-3-2-4-6-17/h2-6H,7-16H2,1H3/t19-/m1/s1. The number of rotatable bonds is 5. The lowest BCUT2D eigenvalue weighted by molar-refractivity contribution is -0.131. The summed E-state index contributed by atoms with van der Waals surface area (Å²) in [7, 11) is 1.74. The average Bonchev–Trinajstić information content (AvgIpc) is 2.86. The van der Waals surface area contributed by atoms with E-state index in [9.17, 15) is 4.79 Å². The number of benzene rings is 1. The summed E-state index contributed by atoms with van der Waals surface area (Å²) in [6.45, 7) is 6.67. The fourth-order valence-electron chi connectivity index (χ4n) is 3.77. The van der Waals surface area contributed by atoms with Crippen LogP contribution in [-0.2, 0) is 20.7 Å². The van der Waals surface area contributed by atoms with Crippen molar-refractivity contribution in [1.29, 1.82) is 0 Å². The summed E-state index contributed by atoms with van der Waals surface area (Å²) in [6.07, 6.45) is 1.57. The van der Waals surface area contributed by atoms with E-state index in [1.165, 1.54) is 0 Å². The highest BCUT2D eigenvalue weighted by Gasteiger charge is 2.41. The van der Waals surface area contributed by atoms with Gasteiger partial charge in [-0.25, -0.2) is 0 Å². The highest BCUT2D eigenvalue weighted by atomic mass is 16.5. The van der Waals surface area contributed by atoms with Crippen LogP contribution >= 0.6 is 0 Å². The molecule has 0 bridgehead atoms. The number of amides is 1. The Morgan fingerprint density at radius 2 is 2.08 bits per heavy atom. The van der Waals surface area contributed by atoms with E-state index in [1.54, 1.807) is 7.11 Å². The predicted octanol–water partition coefficient (Wildman–Crippen LogP) is 1.43. The first-order chi connectivity index (χ1) is 11.7. The van der Waals surface area contributed by atoms with Crippen LogP contribution in [0.4, 0.5) is 0 Å². The van der Waals surface area contributed by atoms with Gasteiger partial charge in [-0.05, 0) is 18.5 Å². The maximum Gasteiger partial charge on any atom is 0.227 e. The Bertz CT molecular complexity index is 537. The molecule has 1 aromatic carbocycles. The SMILES string of the molecule is COCCN1CC[C@@]2(COCCN(C(=O)Cc3ccccc3)C2)C1. The Kier molecular flexibility index (Phi) is 5.87. The second kappa shape index (κ2) is 8.10. The van der Waals surface area contributed by atoms with Gasteiger partial charge < -0.3 is 19.3 Å². The van der Waals surface area contributed by atoms with E-state index in [4.69, 9.17) is 9.47 Å². The number of carbonyl (C=O) groups is 1. The Hall–Kier alpha value is -1.43. The van der Waals surface area contributed by atoms with Crippen molar-refractivity contribution in [2.75, 3.05) is 59.7 Å². The maximum atomic E-state index is 12.8. The third-order valence-corrected chi connectivity index (χ3v) is 5.12. The lowest BCUT2D eigenvalue weighted by Crippen LogP contribution is -2.44. The van der Waals surface area contributed by atoms with Crippen molar-refractivity contribution in [3.63, 3.8) is 0 Å². The highest BCUT2D eigenvalue weighted by molar-refractivity contribution is 5.78. The molecule has 132 valence electrons. The molecule has 0 radical (unpaired) electrons. The zero-order valence-corrected chi connectivity index (χ0v) is 14.6. The molecule has 0 N–H and O–H groups in total. The molecule has 1 aromatic rings. The summed E-state index contributed by atoms with van der Waals surface area (Å²) in [4.78, 5) is 17.2. The summed E-state index contributed by atoms with van der Waals surface area (Å²) in [6, 6.07) is 9.99. The van der Waals surface area contributed by atoms with Gasteiger partial charge in [-0.2, -0.15) is 0 Å². The van der Waals surface area contributed by atoms with E-state index in [0.29, 0.717) is 19.6 Å². The Balaban J connectivity index is 1.61. The first kappa shape index (κ1) is 17.4. The van der Waals surface area contributed by atoms with Gasteiger partial charge in [-0.1, -0.05) is 30.3 Å². The van der Waals surface area contributed by atoms with E-state index in [0.717, 1.165) is 51.4 Å². The van der Waals surface area contributed by atoms with Crippen molar-refractivity contribution < 1.29 is 14.3 Å². The first-order valence-corrected chi connectivity index (χ1v) is 8.82. The van der Waals surface area contributed by atoms with Gasteiger partial charge in [0, 0.05) is 38.7 Å². The number of nitrogens with zero attached hydrogens (tertiary/aromatic N) is 2. The van der Waals surface area contributed by atoms with Crippen LogP contribution in [0, 0.1) is 5.41 Å². The molecule has 5 heteroatoms. The largest absolute Gasteiger partial charge is 0.383 e. The van der Waals surface area contributed by atoms with Crippen LogP contribution in [0.3, 0.4) is 0 Å². The minimum atomic E-state index is 0.0799. The molecule has 0 unspecified atom stereocenters. The minimum Gasteiger partial charge on any atom is -0.383 e. The fourth-order valence-corrected chi connectivity index (χ4v) is 3.77. The van der Waals surface area contributed by atoms with Crippen molar-refractivity contribution >= 4 is 5.91 Å². The monoisotopic (exact) mass is 332 g/mol. The Morgan fingerprint density at radius 3 is 2.88 bits per heavy atom. The van der Waals surface area contributed by atoms with Gasteiger partial charge in [0.1, 0.15) is 0 Å². The number of ether oxygens (including phenoxy) is 2. The van der Waals surface area contributed by atoms with Crippen LogP contribution in [-0.4, -0.2) is 75.4 Å². The number of methoxy groups -OCH3 is 1. The van der Waals surface area contributed by atoms with Crippen LogP contribution < -0.4 is 0 Å². The van der Waals surface area contributed by atoms with E-state index in [-0.39, 0.29) is 11.3 Å². The molecule has 3 rings (SSSR count). The van der Waals surface area contributed by atoms with Gasteiger partial charge >= 0.3 is 0 Å². The third kappa shape index (κ3) is 4.35. The van der Waals surface area contributed by atoms with Crippen LogP contribution in [0.25, 0.3) is 0 Å². The van der Waals surface area contributed by atoms with Crippen molar-refractivity contribution in [1.82, 2.24) is 9.80 Å². The molecule has 2 fully saturated rings. The topological polar surface area (TPSA) is 42.0 Å². The molecule has 1 amide bonds. The zero-order chi connectivity index (χ0) is 16.8. The molecule has 1 spiro atoms. The van der Waals surface area contributed by atoms with Crippen LogP contribution in [0.1, 0.15) is 12.0 Å². The van der Waals surface area contributed by atoms with Gasteiger partial charge in [0.2, 0.25) is 5.91 Å². The van der Waals surface area contributed by atoms with E-state index < -0.39 is 0 Å². The van der Waals surface area contributed by atoms with E-state index in [2.05, 4.69) is 4.90 Å². The molecule has 2 heterocycles. The fraction of sp³-hybridized carbons (Fsp3) is 0.632. The molecule has 2 aliphatic rings. The first-order valence-electron chi connectivity index (χ1n) is 8.82. The molecule has 5 nitrogen and oxygen atoms in total. The van der Waals surface area contributed by atoms with Crippen molar-refractivity contribution in [2.45, 2.75) is 12.8 Å². The molecule has 0 aliphatic carbocycles. The summed E-state index contributed by atoms with van der Waals surface area (Å²) < 4.78 is 11.1. The van der Waals surface area contributed by atoms with Gasteiger partial charge in [-0.3, -0.25) is 4.79 Å². The molecule has 24 heavy (non-hydrogen) atoms. The minimum absolute atomic E-state index is 0.0799. The highest BCUT2D eigenvalue weighted by Crippen LogP contribution is 2.33. The number of carbonyl (C=O) groups excluding carboxylic acids is 1. The molecular formula is C19H28N2O3. The van der Waals surface area contributed by atoms with Gasteiger partial charge in [-0.15, -0.1) is 0 Å². The Morgan fingerprint density at radius 1 is 1.25 bits per heavy atom. The van der Waals surface area contributed by atoms with Gasteiger partial charge in [0.05, 0.1) is 26.2 Å². The summed E-state index contributed by atoms with van der Waals surface area (Å²) in [5.41, 5.74) is 1.16. The van der Waals surface area contributed by atoms with Crippen LogP contribution in [0.2, 0.25) is 0 Å². The predicted molar refractivity (Wildman–Crippen MR) is 92.9 cm³/mol. The lowest BCUT2D eigenvalue weighted by atomic mass is 9.87. The van der Waals surface area contributed by atoms with Gasteiger partial charge in [0.25, 0.3) is 0 Å². The second-order valence-corrected chi connectivity index (χ2v) is 7.05. The van der Waals surface area contributed by atoms with Crippen molar-refractivity contribution in [3.8, 4) is 0 Å². The zero-order valence-electron chi connectivity index (χ0n) is 14.6. The van der Waals surface area contributed by atoms with Crippen molar-refractivity contribution in [3.05, 3.63) is 35.9 Å². The smallest absolute Gasteiger partial charge is 0.227 e. The molecule has 0 aromatic heterocycles. The van der Waals surface area contributed by atoms with Gasteiger partial charge in [0.15, 0.2) is 0 Å². The summed E-state index contributed by atoms with van der Waals surface area (Å²) in [5, 5.41) is 0. The molecule has 2 saturated heterocycles. The molecule has 0 saturated carbocycles. The molecule has 2 aliphatic heterocycles. The summed E-state index contributed by atoms with van der Waals surface area (Å²) in [5.74, 6) is 0.210.